The van der Waals surface area contributed by atoms with Gasteiger partial charge in [-0.25, -0.2) is 4.79 Å². The summed E-state index contributed by atoms with van der Waals surface area (Å²) < 4.78 is 5.41. The lowest BCUT2D eigenvalue weighted by atomic mass is 10.1. The summed E-state index contributed by atoms with van der Waals surface area (Å²) in [5.41, 5.74) is 1.85. The highest BCUT2D eigenvalue weighted by molar-refractivity contribution is 6.08. The van der Waals surface area contributed by atoms with Crippen molar-refractivity contribution in [3.8, 4) is 0 Å². The third-order valence-corrected chi connectivity index (χ3v) is 6.01. The van der Waals surface area contributed by atoms with Crippen LogP contribution in [-0.2, 0) is 11.3 Å². The van der Waals surface area contributed by atoms with Crippen molar-refractivity contribution in [3.05, 3.63) is 23.8 Å². The smallest absolute Gasteiger partial charge is 0.329 e. The van der Waals surface area contributed by atoms with Gasteiger partial charge in [-0.05, 0) is 37.6 Å². The van der Waals surface area contributed by atoms with Crippen molar-refractivity contribution in [3.63, 3.8) is 0 Å². The molecule has 1 N–H and O–H groups in total. The molecule has 0 unspecified atom stereocenters. The molecule has 8 nitrogen and oxygen atoms in total. The Labute approximate surface area is 157 Å². The third-order valence-electron chi connectivity index (χ3n) is 6.01. The Bertz CT molecular complexity index is 896. The fourth-order valence-electron chi connectivity index (χ4n) is 4.70. The number of amides is 3. The van der Waals surface area contributed by atoms with Gasteiger partial charge in [0.1, 0.15) is 0 Å². The zero-order chi connectivity index (χ0) is 18.5. The minimum Gasteiger partial charge on any atom is -0.354 e. The van der Waals surface area contributed by atoms with Crippen LogP contribution in [0.3, 0.4) is 0 Å². The highest BCUT2D eigenvalue weighted by Gasteiger charge is 2.38. The minimum atomic E-state index is -0.441. The largest absolute Gasteiger partial charge is 0.354 e. The molecule has 3 amide bonds. The molecule has 1 aromatic heterocycles. The summed E-state index contributed by atoms with van der Waals surface area (Å²) in [6, 6.07) is 6.86. The molecule has 0 radical (unpaired) electrons. The van der Waals surface area contributed by atoms with Crippen LogP contribution in [0.2, 0.25) is 0 Å². The van der Waals surface area contributed by atoms with Crippen LogP contribution in [0.1, 0.15) is 24.8 Å². The van der Waals surface area contributed by atoms with E-state index in [1.807, 2.05) is 6.07 Å². The Kier molecular flexibility index (Phi) is 3.91. The molecule has 3 fully saturated rings. The van der Waals surface area contributed by atoms with Crippen LogP contribution in [0.25, 0.3) is 11.0 Å². The molecule has 2 atom stereocenters. The number of nitrogens with one attached hydrogen (secondary N) is 1. The molecule has 2 aromatic rings. The molecule has 8 heteroatoms. The van der Waals surface area contributed by atoms with Crippen LogP contribution in [-0.4, -0.2) is 65.7 Å². The molecule has 27 heavy (non-hydrogen) atoms. The first-order chi connectivity index (χ1) is 13.1. The highest BCUT2D eigenvalue weighted by Crippen LogP contribution is 2.33. The summed E-state index contributed by atoms with van der Waals surface area (Å²) in [5.74, 6) is 0.230. The monoisotopic (exact) mass is 369 g/mol. The standard InChI is InChI=1S/C19H23N5O3/c1-22-10-13-3-4-14(11-22)24(13)9-12-2-5-16-15(8-12)18(21-27-16)23-7-6-17(25)20-19(23)26/h2,5,8,13-14H,3-4,6-7,9-11H2,1H3,(H,20,25,26)/t13-,14+. The molecule has 0 saturated carbocycles. The predicted molar refractivity (Wildman–Crippen MR) is 99.4 cm³/mol. The first-order valence-corrected chi connectivity index (χ1v) is 9.52. The van der Waals surface area contributed by atoms with Crippen molar-refractivity contribution in [2.24, 2.45) is 0 Å². The van der Waals surface area contributed by atoms with Gasteiger partial charge in [0, 0.05) is 44.7 Å². The topological polar surface area (TPSA) is 81.9 Å². The molecule has 0 aliphatic carbocycles. The fourth-order valence-corrected chi connectivity index (χ4v) is 4.70. The predicted octanol–water partition coefficient (Wildman–Crippen LogP) is 1.55. The number of carbonyl (C=O) groups is 2. The van der Waals surface area contributed by atoms with E-state index in [0.717, 1.165) is 25.0 Å². The number of piperazine rings is 1. The summed E-state index contributed by atoms with van der Waals surface area (Å²) in [6.45, 7) is 3.46. The van der Waals surface area contributed by atoms with E-state index >= 15 is 0 Å². The SMILES string of the molecule is CN1C[C@H]2CC[C@@H](C1)N2Cc1ccc2onc(N3CCC(=O)NC3=O)c2c1. The van der Waals surface area contributed by atoms with E-state index in [2.05, 4.69) is 39.5 Å². The second-order valence-electron chi connectivity index (χ2n) is 7.87. The number of fused-ring (bicyclic) bond motifs is 3. The first kappa shape index (κ1) is 16.7. The number of imide groups is 1. The lowest BCUT2D eigenvalue weighted by Crippen LogP contribution is -2.51. The number of nitrogens with zero attached hydrogens (tertiary/aromatic N) is 4. The van der Waals surface area contributed by atoms with E-state index in [9.17, 15) is 9.59 Å². The Morgan fingerprint density at radius 1 is 1.22 bits per heavy atom. The summed E-state index contributed by atoms with van der Waals surface area (Å²) in [5, 5.41) is 7.25. The molecule has 0 spiro atoms. The van der Waals surface area contributed by atoms with Crippen LogP contribution in [0, 0.1) is 0 Å². The lowest BCUT2D eigenvalue weighted by molar-refractivity contribution is -0.120. The molecule has 2 bridgehead atoms. The number of aromatic nitrogens is 1. The molecule has 1 aromatic carbocycles. The van der Waals surface area contributed by atoms with Crippen molar-refractivity contribution in [1.82, 2.24) is 20.3 Å². The minimum absolute atomic E-state index is 0.254. The zero-order valence-corrected chi connectivity index (χ0v) is 15.4. The Morgan fingerprint density at radius 2 is 2.00 bits per heavy atom. The number of hydrogen-bond donors (Lipinski definition) is 1. The molecule has 5 rings (SSSR count). The summed E-state index contributed by atoms with van der Waals surface area (Å²) in [4.78, 5) is 30.1. The van der Waals surface area contributed by atoms with Gasteiger partial charge in [-0.2, -0.15) is 0 Å². The number of rotatable bonds is 3. The van der Waals surface area contributed by atoms with E-state index in [0.29, 0.717) is 30.0 Å². The number of likely N-dealkylation sites (N-methyl/N-ethyl adjacent to an activating group) is 1. The van der Waals surface area contributed by atoms with E-state index < -0.39 is 6.03 Å². The van der Waals surface area contributed by atoms with Gasteiger partial charge in [0.2, 0.25) is 5.91 Å². The maximum atomic E-state index is 12.2. The lowest BCUT2D eigenvalue weighted by Gasteiger charge is -2.39. The number of anilines is 1. The van der Waals surface area contributed by atoms with Crippen molar-refractivity contribution in [2.45, 2.75) is 37.9 Å². The quantitative estimate of drug-likeness (QED) is 0.884. The summed E-state index contributed by atoms with van der Waals surface area (Å²) in [6.07, 6.45) is 2.79. The van der Waals surface area contributed by atoms with Crippen LogP contribution in [0.15, 0.2) is 22.7 Å². The Hall–Kier alpha value is -2.45. The average Bonchev–Trinajstić information content (AvgIpc) is 3.14. The molecule has 3 saturated heterocycles. The molecular weight excluding hydrogens is 346 g/mol. The van der Waals surface area contributed by atoms with Gasteiger partial charge in [-0.1, -0.05) is 11.2 Å². The molecule has 142 valence electrons. The van der Waals surface area contributed by atoms with Crippen LogP contribution in [0.4, 0.5) is 10.6 Å². The van der Waals surface area contributed by atoms with Gasteiger partial charge in [0.15, 0.2) is 11.4 Å². The van der Waals surface area contributed by atoms with Gasteiger partial charge in [0.05, 0.1) is 5.39 Å². The van der Waals surface area contributed by atoms with Crippen LogP contribution >= 0.6 is 0 Å². The molecule has 4 heterocycles. The maximum absolute atomic E-state index is 12.2. The zero-order valence-electron chi connectivity index (χ0n) is 15.4. The second-order valence-corrected chi connectivity index (χ2v) is 7.87. The first-order valence-electron chi connectivity index (χ1n) is 9.52. The van der Waals surface area contributed by atoms with Crippen molar-refractivity contribution >= 4 is 28.7 Å². The Balaban J connectivity index is 1.42. The summed E-state index contributed by atoms with van der Waals surface area (Å²) in [7, 11) is 2.20. The van der Waals surface area contributed by atoms with Crippen LogP contribution in [0.5, 0.6) is 0 Å². The number of carbonyl (C=O) groups excluding carboxylic acids is 2. The average molecular weight is 369 g/mol. The van der Waals surface area contributed by atoms with Gasteiger partial charge in [0.25, 0.3) is 0 Å². The molecule has 3 aliphatic rings. The second kappa shape index (κ2) is 6.31. The third kappa shape index (κ3) is 2.89. The van der Waals surface area contributed by atoms with E-state index in [-0.39, 0.29) is 12.3 Å². The van der Waals surface area contributed by atoms with Gasteiger partial charge < -0.3 is 9.42 Å². The number of likely N-dealkylation sites (tertiary alicyclic amines) is 1. The Morgan fingerprint density at radius 3 is 2.74 bits per heavy atom. The molecular formula is C19H23N5O3. The number of hydrogen-bond acceptors (Lipinski definition) is 6. The van der Waals surface area contributed by atoms with Gasteiger partial charge in [-0.3, -0.25) is 19.9 Å². The van der Waals surface area contributed by atoms with E-state index in [1.165, 1.54) is 23.3 Å². The van der Waals surface area contributed by atoms with Gasteiger partial charge >= 0.3 is 6.03 Å². The number of benzene rings is 1. The fraction of sp³-hybridized carbons (Fsp3) is 0.526. The maximum Gasteiger partial charge on any atom is 0.329 e. The summed E-state index contributed by atoms with van der Waals surface area (Å²) >= 11 is 0. The van der Waals surface area contributed by atoms with Crippen LogP contribution < -0.4 is 10.2 Å². The van der Waals surface area contributed by atoms with Crippen molar-refractivity contribution in [1.29, 1.82) is 0 Å². The van der Waals surface area contributed by atoms with Crippen molar-refractivity contribution in [2.75, 3.05) is 31.6 Å². The van der Waals surface area contributed by atoms with E-state index in [4.69, 9.17) is 4.52 Å². The normalized spacial score (nSPS) is 26.8. The van der Waals surface area contributed by atoms with Crippen molar-refractivity contribution < 1.29 is 14.1 Å². The van der Waals surface area contributed by atoms with Gasteiger partial charge in [-0.15, -0.1) is 0 Å². The van der Waals surface area contributed by atoms with E-state index in [1.54, 1.807) is 0 Å². The number of urea groups is 1. The highest BCUT2D eigenvalue weighted by atomic mass is 16.5. The molecule has 3 aliphatic heterocycles.